The van der Waals surface area contributed by atoms with Gasteiger partial charge < -0.3 is 10.3 Å². The summed E-state index contributed by atoms with van der Waals surface area (Å²) in [4.78, 5) is 33.7. The maximum atomic E-state index is 16.2. The van der Waals surface area contributed by atoms with Gasteiger partial charge in [-0.25, -0.2) is 9.37 Å². The standard InChI is InChI=1S/C30H19FN8O/c31-25-20(18-14-19(16-32-15-18)35-30(40)17-6-2-1-3-7-17)9-10-21-24(25)28(39-38-21)29-36-23-11-13-34-26(27(23)37-29)22-8-4-5-12-33-22/h1-16H,(H,35,40)(H,36,37)(H,38,39). The largest absolute Gasteiger partial charge is 0.336 e. The van der Waals surface area contributed by atoms with Crippen LogP contribution in [0.2, 0.25) is 0 Å². The van der Waals surface area contributed by atoms with Crippen molar-refractivity contribution in [2.45, 2.75) is 0 Å². The number of amides is 1. The van der Waals surface area contributed by atoms with Gasteiger partial charge in [-0.2, -0.15) is 5.10 Å². The van der Waals surface area contributed by atoms with Crippen molar-refractivity contribution in [3.05, 3.63) is 109 Å². The van der Waals surface area contributed by atoms with Crippen LogP contribution in [0, 0.1) is 5.82 Å². The fourth-order valence-electron chi connectivity index (χ4n) is 4.65. The number of nitrogens with one attached hydrogen (secondary N) is 3. The minimum Gasteiger partial charge on any atom is -0.336 e. The number of aromatic amines is 2. The van der Waals surface area contributed by atoms with Crippen LogP contribution in [0.5, 0.6) is 0 Å². The Morgan fingerprint density at radius 2 is 1.73 bits per heavy atom. The summed E-state index contributed by atoms with van der Waals surface area (Å²) in [7, 11) is 0. The number of benzene rings is 2. The number of anilines is 1. The predicted octanol–water partition coefficient (Wildman–Crippen LogP) is 6.02. The Kier molecular flexibility index (Phi) is 5.56. The van der Waals surface area contributed by atoms with Gasteiger partial charge in [0.25, 0.3) is 5.91 Å². The second-order valence-electron chi connectivity index (χ2n) is 9.06. The quantitative estimate of drug-likeness (QED) is 0.252. The molecular formula is C30H19FN8O. The van der Waals surface area contributed by atoms with E-state index in [2.05, 4.69) is 35.5 Å². The number of pyridine rings is 3. The first-order chi connectivity index (χ1) is 19.7. The number of hydrogen-bond donors (Lipinski definition) is 3. The molecule has 0 radical (unpaired) electrons. The molecule has 7 aromatic rings. The van der Waals surface area contributed by atoms with Crippen LogP contribution in [-0.2, 0) is 0 Å². The first-order valence-corrected chi connectivity index (χ1v) is 12.4. The second kappa shape index (κ2) is 9.52. The van der Waals surface area contributed by atoms with Crippen LogP contribution < -0.4 is 5.32 Å². The maximum absolute atomic E-state index is 16.2. The third-order valence-electron chi connectivity index (χ3n) is 6.54. The Balaban J connectivity index is 1.29. The van der Waals surface area contributed by atoms with Gasteiger partial charge in [0.1, 0.15) is 22.7 Å². The molecule has 1 amide bonds. The molecule has 5 heterocycles. The number of imidazole rings is 1. The molecule has 40 heavy (non-hydrogen) atoms. The average Bonchev–Trinajstić information content (AvgIpc) is 3.63. The number of H-pyrrole nitrogens is 2. The van der Waals surface area contributed by atoms with Gasteiger partial charge in [-0.15, -0.1) is 0 Å². The molecule has 2 aromatic carbocycles. The molecule has 10 heteroatoms. The third-order valence-corrected chi connectivity index (χ3v) is 6.54. The number of carbonyl (C=O) groups excluding carboxylic acids is 1. The molecule has 0 spiro atoms. The van der Waals surface area contributed by atoms with Crippen molar-refractivity contribution in [1.82, 2.24) is 35.1 Å². The molecule has 0 saturated heterocycles. The van der Waals surface area contributed by atoms with Gasteiger partial charge in [0.2, 0.25) is 0 Å². The fourth-order valence-corrected chi connectivity index (χ4v) is 4.65. The predicted molar refractivity (Wildman–Crippen MR) is 150 cm³/mol. The third kappa shape index (κ3) is 4.04. The van der Waals surface area contributed by atoms with E-state index < -0.39 is 5.82 Å². The minimum atomic E-state index is -0.488. The van der Waals surface area contributed by atoms with Crippen LogP contribution in [0.1, 0.15) is 10.4 Å². The molecule has 9 nitrogen and oxygen atoms in total. The van der Waals surface area contributed by atoms with E-state index in [0.717, 1.165) is 5.52 Å². The molecule has 0 aliphatic carbocycles. The molecule has 0 bridgehead atoms. The second-order valence-corrected chi connectivity index (χ2v) is 9.06. The van der Waals surface area contributed by atoms with E-state index in [9.17, 15) is 4.79 Å². The highest BCUT2D eigenvalue weighted by Gasteiger charge is 2.21. The highest BCUT2D eigenvalue weighted by molar-refractivity contribution is 6.04. The van der Waals surface area contributed by atoms with E-state index in [-0.39, 0.29) is 11.3 Å². The number of halogens is 1. The molecular weight excluding hydrogens is 507 g/mol. The summed E-state index contributed by atoms with van der Waals surface area (Å²) in [5.74, 6) is -0.375. The minimum absolute atomic E-state index is 0.280. The van der Waals surface area contributed by atoms with Gasteiger partial charge in [-0.3, -0.25) is 24.8 Å². The van der Waals surface area contributed by atoms with E-state index in [4.69, 9.17) is 4.98 Å². The van der Waals surface area contributed by atoms with Crippen molar-refractivity contribution < 1.29 is 9.18 Å². The summed E-state index contributed by atoms with van der Waals surface area (Å²) in [5, 5.41) is 10.4. The summed E-state index contributed by atoms with van der Waals surface area (Å²) in [6.45, 7) is 0. The molecule has 0 fully saturated rings. The lowest BCUT2D eigenvalue weighted by Gasteiger charge is -2.09. The van der Waals surface area contributed by atoms with Gasteiger partial charge in [-0.1, -0.05) is 24.3 Å². The van der Waals surface area contributed by atoms with Gasteiger partial charge >= 0.3 is 0 Å². The monoisotopic (exact) mass is 526 g/mol. The summed E-state index contributed by atoms with van der Waals surface area (Å²) >= 11 is 0. The molecule has 0 atom stereocenters. The van der Waals surface area contributed by atoms with Crippen LogP contribution >= 0.6 is 0 Å². The zero-order valence-corrected chi connectivity index (χ0v) is 20.8. The average molecular weight is 527 g/mol. The van der Waals surface area contributed by atoms with Gasteiger partial charge in [0.15, 0.2) is 5.82 Å². The number of aromatic nitrogens is 7. The van der Waals surface area contributed by atoms with Crippen molar-refractivity contribution in [3.8, 4) is 34.0 Å². The lowest BCUT2D eigenvalue weighted by molar-refractivity contribution is 0.102. The Hall–Kier alpha value is -5.77. The number of rotatable bonds is 5. The molecule has 0 aliphatic rings. The van der Waals surface area contributed by atoms with Gasteiger partial charge in [0.05, 0.1) is 34.0 Å². The van der Waals surface area contributed by atoms with Crippen LogP contribution in [0.25, 0.3) is 56.0 Å². The van der Waals surface area contributed by atoms with Crippen LogP contribution in [-0.4, -0.2) is 41.0 Å². The molecule has 3 N–H and O–H groups in total. The Bertz CT molecular complexity index is 2020. The first-order valence-electron chi connectivity index (χ1n) is 12.4. The number of fused-ring (bicyclic) bond motifs is 2. The molecule has 0 aliphatic heterocycles. The van der Waals surface area contributed by atoms with Crippen molar-refractivity contribution in [3.63, 3.8) is 0 Å². The van der Waals surface area contributed by atoms with E-state index >= 15 is 4.39 Å². The molecule has 0 saturated carbocycles. The van der Waals surface area contributed by atoms with E-state index in [1.54, 1.807) is 67.1 Å². The highest BCUT2D eigenvalue weighted by atomic mass is 19.1. The lowest BCUT2D eigenvalue weighted by Crippen LogP contribution is -2.11. The Morgan fingerprint density at radius 3 is 2.58 bits per heavy atom. The zero-order chi connectivity index (χ0) is 27.1. The Morgan fingerprint density at radius 1 is 0.850 bits per heavy atom. The summed E-state index contributed by atoms with van der Waals surface area (Å²) < 4.78 is 16.2. The SMILES string of the molecule is O=C(Nc1cncc(-c2ccc3[nH]nc(-c4nc5c(-c6ccccn6)nccc5[nH]4)c3c2F)c1)c1ccccc1. The summed E-state index contributed by atoms with van der Waals surface area (Å²) in [5.41, 5.74) is 5.25. The summed E-state index contributed by atoms with van der Waals surface area (Å²) in [6, 6.07) is 21.3. The van der Waals surface area contributed by atoms with Crippen molar-refractivity contribution in [2.24, 2.45) is 0 Å². The molecule has 192 valence electrons. The maximum Gasteiger partial charge on any atom is 0.255 e. The van der Waals surface area contributed by atoms with Crippen LogP contribution in [0.15, 0.2) is 97.6 Å². The topological polar surface area (TPSA) is 125 Å². The number of nitrogens with zero attached hydrogens (tertiary/aromatic N) is 5. The lowest BCUT2D eigenvalue weighted by atomic mass is 10.0. The number of hydrogen-bond acceptors (Lipinski definition) is 6. The van der Waals surface area contributed by atoms with Crippen molar-refractivity contribution in [2.75, 3.05) is 5.32 Å². The fraction of sp³-hybridized carbons (Fsp3) is 0. The molecule has 5 aromatic heterocycles. The van der Waals surface area contributed by atoms with Gasteiger partial charge in [-0.05, 0) is 48.5 Å². The first kappa shape index (κ1) is 23.4. The van der Waals surface area contributed by atoms with Crippen LogP contribution in [0.4, 0.5) is 10.1 Å². The zero-order valence-electron chi connectivity index (χ0n) is 20.8. The highest BCUT2D eigenvalue weighted by Crippen LogP contribution is 2.35. The van der Waals surface area contributed by atoms with Gasteiger partial charge in [0, 0.05) is 35.3 Å². The summed E-state index contributed by atoms with van der Waals surface area (Å²) in [6.07, 6.45) is 6.44. The van der Waals surface area contributed by atoms with E-state index in [0.29, 0.717) is 56.3 Å². The smallest absolute Gasteiger partial charge is 0.255 e. The van der Waals surface area contributed by atoms with Crippen molar-refractivity contribution >= 4 is 33.5 Å². The normalized spacial score (nSPS) is 11.2. The van der Waals surface area contributed by atoms with E-state index in [1.807, 2.05) is 24.3 Å². The van der Waals surface area contributed by atoms with Crippen LogP contribution in [0.3, 0.4) is 0 Å². The molecule has 0 unspecified atom stereocenters. The number of carbonyl (C=O) groups is 1. The molecule has 7 rings (SSSR count). The Labute approximate surface area is 226 Å². The van der Waals surface area contributed by atoms with Crippen molar-refractivity contribution in [1.29, 1.82) is 0 Å². The van der Waals surface area contributed by atoms with E-state index in [1.165, 1.54) is 6.20 Å².